The highest BCUT2D eigenvalue weighted by Gasteiger charge is 2.26. The lowest BCUT2D eigenvalue weighted by molar-refractivity contribution is -0.140. The Bertz CT molecular complexity index is 508. The molecule has 2 aliphatic rings. The number of ether oxygens (including phenoxy) is 1. The van der Waals surface area contributed by atoms with E-state index in [1.807, 2.05) is 23.1 Å². The standard InChI is InChI=1S/C18H27N3O2/c1-19-8-5-9-20(11-10-19)15-18(22)21-12-13-23-17(14-21)16-6-3-2-4-7-16/h2-4,6-7,17H,5,8-15H2,1H3/t17-/m1/s1. The van der Waals surface area contributed by atoms with Crippen LogP contribution in [-0.2, 0) is 9.53 Å². The molecule has 126 valence electrons. The minimum absolute atomic E-state index is 0.00386. The molecule has 1 aromatic rings. The van der Waals surface area contributed by atoms with Crippen LogP contribution in [0.25, 0.3) is 0 Å². The lowest BCUT2D eigenvalue weighted by Gasteiger charge is -2.34. The van der Waals surface area contributed by atoms with Gasteiger partial charge >= 0.3 is 0 Å². The predicted molar refractivity (Wildman–Crippen MR) is 90.3 cm³/mol. The normalized spacial score (nSPS) is 24.4. The predicted octanol–water partition coefficient (Wildman–Crippen LogP) is 1.22. The molecule has 1 amide bonds. The van der Waals surface area contributed by atoms with Crippen molar-refractivity contribution >= 4 is 5.91 Å². The van der Waals surface area contributed by atoms with Crippen molar-refractivity contribution in [1.29, 1.82) is 0 Å². The van der Waals surface area contributed by atoms with Crippen molar-refractivity contribution in [2.45, 2.75) is 12.5 Å². The molecule has 2 aliphatic heterocycles. The van der Waals surface area contributed by atoms with Crippen LogP contribution in [0.3, 0.4) is 0 Å². The van der Waals surface area contributed by atoms with E-state index in [0.29, 0.717) is 26.2 Å². The van der Waals surface area contributed by atoms with Crippen molar-refractivity contribution < 1.29 is 9.53 Å². The first-order valence-electron chi connectivity index (χ1n) is 8.57. The highest BCUT2D eigenvalue weighted by Crippen LogP contribution is 2.22. The van der Waals surface area contributed by atoms with Gasteiger partial charge < -0.3 is 14.5 Å². The number of amides is 1. The summed E-state index contributed by atoms with van der Waals surface area (Å²) in [6, 6.07) is 10.2. The van der Waals surface area contributed by atoms with Gasteiger partial charge in [-0.25, -0.2) is 0 Å². The zero-order valence-corrected chi connectivity index (χ0v) is 14.0. The van der Waals surface area contributed by atoms with Crippen molar-refractivity contribution in [1.82, 2.24) is 14.7 Å². The van der Waals surface area contributed by atoms with E-state index in [1.54, 1.807) is 0 Å². The first kappa shape index (κ1) is 16.4. The molecule has 0 unspecified atom stereocenters. The van der Waals surface area contributed by atoms with Gasteiger partial charge in [0.25, 0.3) is 0 Å². The molecule has 1 atom stereocenters. The van der Waals surface area contributed by atoms with Crippen molar-refractivity contribution in [3.63, 3.8) is 0 Å². The van der Waals surface area contributed by atoms with Crippen LogP contribution < -0.4 is 0 Å². The molecule has 0 aromatic heterocycles. The molecule has 0 spiro atoms. The summed E-state index contributed by atoms with van der Waals surface area (Å²) < 4.78 is 5.85. The third-order valence-electron chi connectivity index (χ3n) is 4.76. The van der Waals surface area contributed by atoms with Gasteiger partial charge in [0.05, 0.1) is 19.7 Å². The number of benzene rings is 1. The van der Waals surface area contributed by atoms with Crippen LogP contribution >= 0.6 is 0 Å². The smallest absolute Gasteiger partial charge is 0.236 e. The molecule has 2 saturated heterocycles. The van der Waals surface area contributed by atoms with Gasteiger partial charge in [-0.05, 0) is 32.1 Å². The van der Waals surface area contributed by atoms with E-state index < -0.39 is 0 Å². The average Bonchev–Trinajstić information content (AvgIpc) is 2.80. The van der Waals surface area contributed by atoms with Gasteiger partial charge in [-0.3, -0.25) is 9.69 Å². The van der Waals surface area contributed by atoms with Crippen molar-refractivity contribution in [2.75, 3.05) is 59.5 Å². The molecular weight excluding hydrogens is 290 g/mol. The third-order valence-corrected chi connectivity index (χ3v) is 4.76. The summed E-state index contributed by atoms with van der Waals surface area (Å²) in [4.78, 5) is 19.2. The van der Waals surface area contributed by atoms with E-state index in [-0.39, 0.29) is 12.0 Å². The van der Waals surface area contributed by atoms with E-state index in [0.717, 1.165) is 38.2 Å². The van der Waals surface area contributed by atoms with Gasteiger partial charge in [0.2, 0.25) is 5.91 Å². The van der Waals surface area contributed by atoms with Crippen LogP contribution in [0.5, 0.6) is 0 Å². The second-order valence-electron chi connectivity index (χ2n) is 6.54. The van der Waals surface area contributed by atoms with Crippen molar-refractivity contribution in [2.24, 2.45) is 0 Å². The number of morpholine rings is 1. The molecule has 2 heterocycles. The van der Waals surface area contributed by atoms with Gasteiger partial charge in [-0.2, -0.15) is 0 Å². The van der Waals surface area contributed by atoms with Crippen LogP contribution in [0.1, 0.15) is 18.1 Å². The van der Waals surface area contributed by atoms with Gasteiger partial charge in [0.15, 0.2) is 0 Å². The monoisotopic (exact) mass is 317 g/mol. The summed E-state index contributed by atoms with van der Waals surface area (Å²) in [6.45, 7) is 6.69. The highest BCUT2D eigenvalue weighted by atomic mass is 16.5. The molecule has 0 bridgehead atoms. The van der Waals surface area contributed by atoms with E-state index in [9.17, 15) is 4.79 Å². The molecule has 0 saturated carbocycles. The van der Waals surface area contributed by atoms with Gasteiger partial charge in [0.1, 0.15) is 6.10 Å². The Balaban J connectivity index is 1.54. The van der Waals surface area contributed by atoms with Gasteiger partial charge in [0, 0.05) is 19.6 Å². The Labute approximate surface area is 138 Å². The average molecular weight is 317 g/mol. The number of rotatable bonds is 3. The quantitative estimate of drug-likeness (QED) is 0.840. The van der Waals surface area contributed by atoms with E-state index in [1.165, 1.54) is 0 Å². The fourth-order valence-electron chi connectivity index (χ4n) is 3.29. The summed E-state index contributed by atoms with van der Waals surface area (Å²) in [5.41, 5.74) is 1.15. The molecule has 5 heteroatoms. The first-order valence-corrected chi connectivity index (χ1v) is 8.57. The third kappa shape index (κ3) is 4.53. The molecule has 0 N–H and O–H groups in total. The van der Waals surface area contributed by atoms with Gasteiger partial charge in [-0.1, -0.05) is 30.3 Å². The zero-order valence-electron chi connectivity index (χ0n) is 14.0. The van der Waals surface area contributed by atoms with Crippen molar-refractivity contribution in [3.8, 4) is 0 Å². The van der Waals surface area contributed by atoms with E-state index >= 15 is 0 Å². The van der Waals surface area contributed by atoms with Crippen LogP contribution in [0, 0.1) is 0 Å². The molecule has 0 aliphatic carbocycles. The summed E-state index contributed by atoms with van der Waals surface area (Å²) in [5.74, 6) is 0.235. The van der Waals surface area contributed by atoms with E-state index in [2.05, 4.69) is 29.0 Å². The Morgan fingerprint density at radius 2 is 1.96 bits per heavy atom. The first-order chi connectivity index (χ1) is 11.2. The molecular formula is C18H27N3O2. The summed E-state index contributed by atoms with van der Waals surface area (Å²) in [5, 5.41) is 0. The number of nitrogens with zero attached hydrogens (tertiary/aromatic N) is 3. The summed E-state index contributed by atoms with van der Waals surface area (Å²) in [6.07, 6.45) is 1.14. The Hall–Kier alpha value is -1.43. The summed E-state index contributed by atoms with van der Waals surface area (Å²) in [7, 11) is 2.15. The lowest BCUT2D eigenvalue weighted by Crippen LogP contribution is -2.47. The number of hydrogen-bond donors (Lipinski definition) is 0. The molecule has 0 radical (unpaired) electrons. The highest BCUT2D eigenvalue weighted by molar-refractivity contribution is 5.78. The second-order valence-corrected chi connectivity index (χ2v) is 6.54. The topological polar surface area (TPSA) is 36.0 Å². The minimum Gasteiger partial charge on any atom is -0.370 e. The number of likely N-dealkylation sites (N-methyl/N-ethyl adjacent to an activating group) is 1. The zero-order chi connectivity index (χ0) is 16.1. The maximum absolute atomic E-state index is 12.7. The van der Waals surface area contributed by atoms with Crippen LogP contribution in [-0.4, -0.2) is 80.1 Å². The van der Waals surface area contributed by atoms with Crippen LogP contribution in [0.2, 0.25) is 0 Å². The van der Waals surface area contributed by atoms with Gasteiger partial charge in [-0.15, -0.1) is 0 Å². The lowest BCUT2D eigenvalue weighted by atomic mass is 10.1. The van der Waals surface area contributed by atoms with Crippen molar-refractivity contribution in [3.05, 3.63) is 35.9 Å². The largest absolute Gasteiger partial charge is 0.370 e. The fraction of sp³-hybridized carbons (Fsp3) is 0.611. The van der Waals surface area contributed by atoms with Crippen LogP contribution in [0.15, 0.2) is 30.3 Å². The molecule has 1 aromatic carbocycles. The fourth-order valence-corrected chi connectivity index (χ4v) is 3.29. The number of carbonyl (C=O) groups excluding carboxylic acids is 1. The second kappa shape index (κ2) is 7.90. The summed E-state index contributed by atoms with van der Waals surface area (Å²) >= 11 is 0. The minimum atomic E-state index is 0.00386. The molecule has 23 heavy (non-hydrogen) atoms. The van der Waals surface area contributed by atoms with E-state index in [4.69, 9.17) is 4.74 Å². The molecule has 5 nitrogen and oxygen atoms in total. The molecule has 3 rings (SSSR count). The Kier molecular flexibility index (Phi) is 5.65. The SMILES string of the molecule is CN1CCCN(CC(=O)N2CCO[C@@H](c3ccccc3)C2)CC1. The Morgan fingerprint density at radius 1 is 1.13 bits per heavy atom. The van der Waals surface area contributed by atoms with Crippen LogP contribution in [0.4, 0.5) is 0 Å². The maximum atomic E-state index is 12.7. The number of hydrogen-bond acceptors (Lipinski definition) is 4. The number of carbonyl (C=O) groups is 1. The Morgan fingerprint density at radius 3 is 2.78 bits per heavy atom. The maximum Gasteiger partial charge on any atom is 0.236 e. The molecule has 2 fully saturated rings.